The first kappa shape index (κ1) is 83.9. The van der Waals surface area contributed by atoms with Gasteiger partial charge in [-0.1, -0.05) is 353 Å². The molecular weight excluding hydrogens is 1100 g/mol. The van der Waals surface area contributed by atoms with Crippen LogP contribution in [0.1, 0.15) is 380 Å². The van der Waals surface area contributed by atoms with Crippen LogP contribution in [-0.2, 0) is 23.8 Å². The maximum Gasteiger partial charge on any atom is 0.306 e. The third kappa shape index (κ3) is 51.4. The van der Waals surface area contributed by atoms with Crippen molar-refractivity contribution < 1.29 is 49.3 Å². The average molecular weight is 1250 g/mol. The molecule has 1 amide bonds. The number of allylic oxidation sites excluding steroid dienone is 5. The van der Waals surface area contributed by atoms with E-state index in [0.29, 0.717) is 19.3 Å². The molecule has 0 aromatic carbocycles. The van der Waals surface area contributed by atoms with Crippen LogP contribution in [0, 0.1) is 0 Å². The van der Waals surface area contributed by atoms with E-state index in [1.807, 2.05) is 6.08 Å². The van der Waals surface area contributed by atoms with E-state index in [9.17, 15) is 35.1 Å². The fraction of sp³-hybridized carbons (Fsp3) is 0.896. The van der Waals surface area contributed by atoms with Crippen molar-refractivity contribution in [2.24, 2.45) is 0 Å². The number of esters is 1. The summed E-state index contributed by atoms with van der Waals surface area (Å²) < 4.78 is 17.7. The van der Waals surface area contributed by atoms with Gasteiger partial charge in [0, 0.05) is 6.42 Å². The van der Waals surface area contributed by atoms with Crippen LogP contribution in [0.3, 0.4) is 0 Å². The first-order valence-corrected chi connectivity index (χ1v) is 38.3. The number of unbranched alkanes of at least 4 members (excludes halogenated alkanes) is 49. The molecule has 1 heterocycles. The van der Waals surface area contributed by atoms with E-state index in [-0.39, 0.29) is 13.0 Å². The smallest absolute Gasteiger partial charge is 0.306 e. The third-order valence-electron chi connectivity index (χ3n) is 18.3. The van der Waals surface area contributed by atoms with Gasteiger partial charge in [-0.3, -0.25) is 9.59 Å². The number of amides is 1. The molecule has 0 aromatic heterocycles. The molecule has 11 heteroatoms. The highest BCUT2D eigenvalue weighted by Crippen LogP contribution is 2.27. The summed E-state index contributed by atoms with van der Waals surface area (Å²) in [6.45, 7) is 5.83. The van der Waals surface area contributed by atoms with Gasteiger partial charge in [-0.2, -0.15) is 0 Å². The van der Waals surface area contributed by atoms with Gasteiger partial charge in [0.15, 0.2) is 12.4 Å². The van der Waals surface area contributed by atoms with Gasteiger partial charge >= 0.3 is 5.97 Å². The molecule has 0 radical (unpaired) electrons. The van der Waals surface area contributed by atoms with E-state index in [4.69, 9.17) is 14.2 Å². The molecule has 11 nitrogen and oxygen atoms in total. The van der Waals surface area contributed by atoms with Crippen molar-refractivity contribution in [3.8, 4) is 0 Å². The summed E-state index contributed by atoms with van der Waals surface area (Å²) in [4.78, 5) is 26.7. The number of aliphatic hydroxyl groups is 5. The van der Waals surface area contributed by atoms with Crippen molar-refractivity contribution in [2.75, 3.05) is 13.2 Å². The van der Waals surface area contributed by atoms with Crippen LogP contribution in [0.5, 0.6) is 0 Å². The zero-order chi connectivity index (χ0) is 63.9. The number of hydrogen-bond acceptors (Lipinski definition) is 10. The molecule has 88 heavy (non-hydrogen) atoms. The molecule has 1 rings (SSSR count). The largest absolute Gasteiger partial charge is 0.454 e. The molecule has 1 fully saturated rings. The van der Waals surface area contributed by atoms with Gasteiger partial charge in [0.2, 0.25) is 5.91 Å². The number of rotatable bonds is 67. The molecule has 8 atom stereocenters. The lowest BCUT2D eigenvalue weighted by molar-refractivity contribution is -0.305. The quantitative estimate of drug-likeness (QED) is 0.0195. The zero-order valence-corrected chi connectivity index (χ0v) is 57.9. The molecule has 0 aliphatic carbocycles. The number of carbonyl (C=O) groups is 2. The predicted octanol–water partition coefficient (Wildman–Crippen LogP) is 20.1. The van der Waals surface area contributed by atoms with E-state index in [2.05, 4.69) is 50.4 Å². The van der Waals surface area contributed by atoms with Crippen molar-refractivity contribution in [1.82, 2.24) is 5.32 Å². The monoisotopic (exact) mass is 1240 g/mol. The number of hydrogen-bond donors (Lipinski definition) is 6. The van der Waals surface area contributed by atoms with Crippen molar-refractivity contribution in [2.45, 2.75) is 429 Å². The molecule has 0 saturated carbocycles. The molecule has 1 aliphatic heterocycles. The normalized spacial score (nSPS) is 18.3. The van der Waals surface area contributed by atoms with E-state index in [1.165, 1.54) is 270 Å². The van der Waals surface area contributed by atoms with Crippen molar-refractivity contribution in [3.63, 3.8) is 0 Å². The second-order valence-electron chi connectivity index (χ2n) is 26.7. The fourth-order valence-electron chi connectivity index (χ4n) is 12.3. The Morgan fingerprint density at radius 1 is 0.443 bits per heavy atom. The second-order valence-corrected chi connectivity index (χ2v) is 26.7. The van der Waals surface area contributed by atoms with Gasteiger partial charge < -0.3 is 45.1 Å². The summed E-state index contributed by atoms with van der Waals surface area (Å²) >= 11 is 0. The molecule has 0 aromatic rings. The van der Waals surface area contributed by atoms with E-state index in [0.717, 1.165) is 64.2 Å². The summed E-state index contributed by atoms with van der Waals surface area (Å²) in [5, 5.41) is 57.4. The minimum absolute atomic E-state index is 0.130. The van der Waals surface area contributed by atoms with Crippen LogP contribution < -0.4 is 5.32 Å². The summed E-state index contributed by atoms with van der Waals surface area (Å²) in [5.74, 6) is -1.18. The lowest BCUT2D eigenvalue weighted by atomic mass is 9.99. The zero-order valence-electron chi connectivity index (χ0n) is 57.9. The molecule has 6 N–H and O–H groups in total. The summed E-state index contributed by atoms with van der Waals surface area (Å²) in [7, 11) is 0. The highest BCUT2D eigenvalue weighted by molar-refractivity contribution is 5.80. The highest BCUT2D eigenvalue weighted by atomic mass is 16.7. The maximum absolute atomic E-state index is 13.5. The number of nitrogens with one attached hydrogen (secondary N) is 1. The van der Waals surface area contributed by atoms with Gasteiger partial charge in [-0.25, -0.2) is 0 Å². The van der Waals surface area contributed by atoms with Crippen LogP contribution in [-0.4, -0.2) is 99.6 Å². The van der Waals surface area contributed by atoms with Gasteiger partial charge in [-0.05, 0) is 57.8 Å². The second kappa shape index (κ2) is 65.0. The number of ether oxygens (including phenoxy) is 3. The maximum atomic E-state index is 13.5. The lowest BCUT2D eigenvalue weighted by Gasteiger charge is -2.41. The molecular formula is C77H145NO10. The lowest BCUT2D eigenvalue weighted by Crippen LogP contribution is -2.61. The minimum atomic E-state index is -1.61. The third-order valence-corrected chi connectivity index (χ3v) is 18.3. The molecule has 1 saturated heterocycles. The van der Waals surface area contributed by atoms with Crippen molar-refractivity contribution in [1.29, 1.82) is 0 Å². The Morgan fingerprint density at radius 2 is 0.784 bits per heavy atom. The molecule has 518 valence electrons. The SMILES string of the molecule is CCCCC/C=C\C/C=C\CCCCCCCCCCCCCCC(O)C(=O)NC(COC1OC(CO)C(O)C(O)C1OC(=O)CCCCCCCCCCCCCCCCCCCCCCCCCCC)C(O)/C=C/CCCCCCCCCCCC. The Morgan fingerprint density at radius 3 is 1.18 bits per heavy atom. The van der Waals surface area contributed by atoms with Gasteiger partial charge in [0.25, 0.3) is 0 Å². The van der Waals surface area contributed by atoms with Crippen LogP contribution in [0.15, 0.2) is 36.5 Å². The topological polar surface area (TPSA) is 175 Å². The average Bonchev–Trinajstić information content (AvgIpc) is 2.54. The van der Waals surface area contributed by atoms with Crippen LogP contribution in [0.25, 0.3) is 0 Å². The highest BCUT2D eigenvalue weighted by Gasteiger charge is 2.47. The van der Waals surface area contributed by atoms with E-state index < -0.39 is 67.4 Å². The van der Waals surface area contributed by atoms with Crippen LogP contribution in [0.4, 0.5) is 0 Å². The number of carbonyl (C=O) groups excluding carboxylic acids is 2. The van der Waals surface area contributed by atoms with Crippen LogP contribution >= 0.6 is 0 Å². The fourth-order valence-corrected chi connectivity index (χ4v) is 12.3. The van der Waals surface area contributed by atoms with Crippen molar-refractivity contribution in [3.05, 3.63) is 36.5 Å². The molecule has 0 bridgehead atoms. The van der Waals surface area contributed by atoms with Gasteiger partial charge in [0.1, 0.15) is 24.4 Å². The molecule has 8 unspecified atom stereocenters. The Bertz CT molecular complexity index is 1570. The Balaban J connectivity index is 2.51. The van der Waals surface area contributed by atoms with E-state index >= 15 is 0 Å². The Kier molecular flexibility index (Phi) is 61.9. The van der Waals surface area contributed by atoms with Gasteiger partial charge in [-0.15, -0.1) is 0 Å². The summed E-state index contributed by atoms with van der Waals surface area (Å²) in [5.41, 5.74) is 0. The predicted molar refractivity (Wildman–Crippen MR) is 371 cm³/mol. The first-order valence-electron chi connectivity index (χ1n) is 38.3. The Labute approximate surface area is 543 Å². The summed E-state index contributed by atoms with van der Waals surface area (Å²) in [6.07, 6.45) is 70.5. The van der Waals surface area contributed by atoms with Crippen molar-refractivity contribution >= 4 is 11.9 Å². The molecule has 0 spiro atoms. The molecule has 1 aliphatic rings. The van der Waals surface area contributed by atoms with Crippen LogP contribution in [0.2, 0.25) is 0 Å². The minimum Gasteiger partial charge on any atom is -0.454 e. The standard InChI is InChI=1S/C77H145NO10/c1-4-7-10-13-16-19-22-25-27-29-31-33-35-36-37-39-41-43-45-47-50-53-56-59-62-65-72(82)88-75-74(84)73(83)71(66-79)87-77(75)86-67-68(69(80)63-60-57-54-51-48-24-21-18-15-12-9-6-3)78-76(85)70(81)64-61-58-55-52-49-46-44-42-40-38-34-32-30-28-26-23-20-17-14-11-8-5-2/h17,20,26,28,60,63,68-71,73-75,77,79-81,83-84H,4-16,18-19,21-25,27,29-59,61-62,64-67H2,1-3H3,(H,78,85)/b20-17-,28-26-,63-60+. The summed E-state index contributed by atoms with van der Waals surface area (Å²) in [6, 6.07) is -1.02. The van der Waals surface area contributed by atoms with Gasteiger partial charge in [0.05, 0.1) is 25.4 Å². The Hall–Kier alpha value is -2.12. The first-order chi connectivity index (χ1) is 43.2. The van der Waals surface area contributed by atoms with E-state index in [1.54, 1.807) is 6.08 Å². The number of aliphatic hydroxyl groups excluding tert-OH is 5.